The molecule has 2 aliphatic rings. The van der Waals surface area contributed by atoms with Crippen molar-refractivity contribution in [1.29, 1.82) is 0 Å². The van der Waals surface area contributed by atoms with Gasteiger partial charge in [-0.3, -0.25) is 5.10 Å². The third-order valence-corrected chi connectivity index (χ3v) is 7.08. The predicted molar refractivity (Wildman–Crippen MR) is 133 cm³/mol. The van der Waals surface area contributed by atoms with Crippen LogP contribution in [0.25, 0.3) is 11.3 Å². The van der Waals surface area contributed by atoms with Gasteiger partial charge in [0.15, 0.2) is 0 Å². The number of aromatic amines is 1. The summed E-state index contributed by atoms with van der Waals surface area (Å²) in [6.45, 7) is 0.742. The molecule has 2 heterocycles. The van der Waals surface area contributed by atoms with Gasteiger partial charge in [-0.05, 0) is 75.6 Å². The Labute approximate surface area is 200 Å². The van der Waals surface area contributed by atoms with Crippen LogP contribution in [0.3, 0.4) is 0 Å². The average molecular weight is 464 g/mol. The summed E-state index contributed by atoms with van der Waals surface area (Å²) in [5, 5.41) is 14.6. The van der Waals surface area contributed by atoms with Crippen LogP contribution in [0, 0.1) is 5.82 Å². The second-order valence-corrected chi connectivity index (χ2v) is 9.75. The third kappa shape index (κ3) is 5.06. The summed E-state index contributed by atoms with van der Waals surface area (Å²) >= 11 is 0. The smallest absolute Gasteiger partial charge is 0.225 e. The average Bonchev–Trinajstić information content (AvgIpc) is 3.32. The molecule has 0 spiro atoms. The maximum absolute atomic E-state index is 13.3. The Morgan fingerprint density at radius 3 is 2.50 bits per heavy atom. The quantitative estimate of drug-likeness (QED) is 0.480. The van der Waals surface area contributed by atoms with Crippen LogP contribution < -0.4 is 15.5 Å². The van der Waals surface area contributed by atoms with Crippen molar-refractivity contribution in [3.8, 4) is 11.3 Å². The predicted octanol–water partition coefficient (Wildman–Crippen LogP) is 4.46. The highest BCUT2D eigenvalue weighted by molar-refractivity contribution is 5.62. The van der Waals surface area contributed by atoms with Gasteiger partial charge in [-0.1, -0.05) is 0 Å². The molecule has 5 rings (SSSR count). The number of nitrogens with one attached hydrogen (secondary N) is 3. The first-order valence-corrected chi connectivity index (χ1v) is 12.4. The minimum absolute atomic E-state index is 0.230. The van der Waals surface area contributed by atoms with Crippen molar-refractivity contribution in [2.45, 2.75) is 70.0 Å². The summed E-state index contributed by atoms with van der Waals surface area (Å²) in [4.78, 5) is 11.9. The number of hydrogen-bond donors (Lipinski definition) is 3. The molecule has 0 saturated heterocycles. The zero-order valence-electron chi connectivity index (χ0n) is 20.1. The van der Waals surface area contributed by atoms with Crippen LogP contribution in [-0.4, -0.2) is 46.3 Å². The SMILES string of the molecule is CN(C)c1nc(NC2CCC(NCc3cn[nH]c3-c3ccc(F)cc3)CC2)nc2c1CCCC2. The van der Waals surface area contributed by atoms with Gasteiger partial charge in [0.1, 0.15) is 11.6 Å². The van der Waals surface area contributed by atoms with Crippen LogP contribution in [-0.2, 0) is 19.4 Å². The Bertz CT molecular complexity index is 1100. The lowest BCUT2D eigenvalue weighted by Gasteiger charge is -2.30. The number of fused-ring (bicyclic) bond motifs is 1. The highest BCUT2D eigenvalue weighted by Gasteiger charge is 2.24. The molecule has 3 aromatic rings. The van der Waals surface area contributed by atoms with Crippen LogP contribution in [0.4, 0.5) is 16.2 Å². The molecule has 2 aromatic heterocycles. The first kappa shape index (κ1) is 22.8. The number of aryl methyl sites for hydroxylation is 1. The Morgan fingerprint density at radius 1 is 1.00 bits per heavy atom. The standard InChI is InChI=1S/C26H34FN7/c1-34(2)25-22-5-3-4-6-23(22)31-26(32-25)30-21-13-11-20(12-14-21)28-15-18-16-29-33-24(18)17-7-9-19(27)10-8-17/h7-10,16,20-21,28H,3-6,11-15H2,1-2H3,(H,29,33)(H,30,31,32). The summed E-state index contributed by atoms with van der Waals surface area (Å²) in [5.41, 5.74) is 5.55. The van der Waals surface area contributed by atoms with E-state index in [4.69, 9.17) is 9.97 Å². The minimum atomic E-state index is -0.230. The molecule has 7 nitrogen and oxygen atoms in total. The molecule has 0 radical (unpaired) electrons. The van der Waals surface area contributed by atoms with Gasteiger partial charge in [0.05, 0.1) is 17.6 Å². The number of rotatable bonds is 7. The first-order valence-electron chi connectivity index (χ1n) is 12.4. The molecule has 1 fully saturated rings. The van der Waals surface area contributed by atoms with Gasteiger partial charge in [-0.15, -0.1) is 0 Å². The van der Waals surface area contributed by atoms with E-state index in [0.717, 1.165) is 73.7 Å². The number of anilines is 2. The summed E-state index contributed by atoms with van der Waals surface area (Å²) < 4.78 is 13.3. The van der Waals surface area contributed by atoms with Crippen LogP contribution >= 0.6 is 0 Å². The molecular weight excluding hydrogens is 429 g/mol. The zero-order chi connectivity index (χ0) is 23.5. The van der Waals surface area contributed by atoms with E-state index in [1.165, 1.54) is 36.2 Å². The number of halogens is 1. The normalized spacial score (nSPS) is 20.1. The highest BCUT2D eigenvalue weighted by atomic mass is 19.1. The summed E-state index contributed by atoms with van der Waals surface area (Å²) in [7, 11) is 4.14. The lowest BCUT2D eigenvalue weighted by atomic mass is 9.91. The Balaban J connectivity index is 1.16. The van der Waals surface area contributed by atoms with Crippen molar-refractivity contribution in [3.63, 3.8) is 0 Å². The van der Waals surface area contributed by atoms with E-state index < -0.39 is 0 Å². The fourth-order valence-corrected chi connectivity index (χ4v) is 5.20. The topological polar surface area (TPSA) is 81.8 Å². The van der Waals surface area contributed by atoms with E-state index in [9.17, 15) is 4.39 Å². The Hall–Kier alpha value is -3.00. The number of nitrogens with zero attached hydrogens (tertiary/aromatic N) is 4. The van der Waals surface area contributed by atoms with Crippen molar-refractivity contribution in [3.05, 3.63) is 53.1 Å². The monoisotopic (exact) mass is 463 g/mol. The number of hydrogen-bond acceptors (Lipinski definition) is 6. The Morgan fingerprint density at radius 2 is 1.74 bits per heavy atom. The first-order chi connectivity index (χ1) is 16.6. The van der Waals surface area contributed by atoms with E-state index in [0.29, 0.717) is 12.1 Å². The lowest BCUT2D eigenvalue weighted by molar-refractivity contribution is 0.352. The summed E-state index contributed by atoms with van der Waals surface area (Å²) in [6, 6.07) is 7.40. The maximum Gasteiger partial charge on any atom is 0.225 e. The number of H-pyrrole nitrogens is 1. The van der Waals surface area contributed by atoms with Crippen LogP contribution in [0.15, 0.2) is 30.5 Å². The van der Waals surface area contributed by atoms with Crippen molar-refractivity contribution in [2.75, 3.05) is 24.3 Å². The molecule has 0 aliphatic heterocycles. The van der Waals surface area contributed by atoms with Gasteiger partial charge < -0.3 is 15.5 Å². The second-order valence-electron chi connectivity index (χ2n) is 9.75. The van der Waals surface area contributed by atoms with Gasteiger partial charge in [-0.2, -0.15) is 10.1 Å². The van der Waals surface area contributed by atoms with E-state index in [1.807, 2.05) is 6.20 Å². The molecule has 180 valence electrons. The lowest BCUT2D eigenvalue weighted by Crippen LogP contribution is -2.37. The molecule has 0 atom stereocenters. The third-order valence-electron chi connectivity index (χ3n) is 7.08. The van der Waals surface area contributed by atoms with E-state index in [2.05, 4.69) is 39.8 Å². The zero-order valence-corrected chi connectivity index (χ0v) is 20.1. The molecule has 34 heavy (non-hydrogen) atoms. The fraction of sp³-hybridized carbons (Fsp3) is 0.500. The minimum Gasteiger partial charge on any atom is -0.362 e. The summed E-state index contributed by atoms with van der Waals surface area (Å²) in [6.07, 6.45) is 10.8. The van der Waals surface area contributed by atoms with Gasteiger partial charge in [0.25, 0.3) is 0 Å². The molecule has 1 aromatic carbocycles. The number of aromatic nitrogens is 4. The van der Waals surface area contributed by atoms with Crippen molar-refractivity contribution < 1.29 is 4.39 Å². The molecular formula is C26H34FN7. The van der Waals surface area contributed by atoms with Gasteiger partial charge >= 0.3 is 0 Å². The molecule has 0 bridgehead atoms. The van der Waals surface area contributed by atoms with Crippen LogP contribution in [0.1, 0.15) is 55.3 Å². The van der Waals surface area contributed by atoms with Gasteiger partial charge in [0.2, 0.25) is 5.95 Å². The van der Waals surface area contributed by atoms with Crippen molar-refractivity contribution in [2.24, 2.45) is 0 Å². The molecule has 0 unspecified atom stereocenters. The maximum atomic E-state index is 13.3. The molecule has 8 heteroatoms. The van der Waals surface area contributed by atoms with Gasteiger partial charge in [-0.25, -0.2) is 9.37 Å². The largest absolute Gasteiger partial charge is 0.362 e. The fourth-order valence-electron chi connectivity index (χ4n) is 5.20. The van der Waals surface area contributed by atoms with E-state index >= 15 is 0 Å². The molecule has 1 saturated carbocycles. The molecule has 3 N–H and O–H groups in total. The second kappa shape index (κ2) is 10.1. The van der Waals surface area contributed by atoms with E-state index in [1.54, 1.807) is 12.1 Å². The van der Waals surface area contributed by atoms with Gasteiger partial charge in [0, 0.05) is 49.4 Å². The number of benzene rings is 1. The van der Waals surface area contributed by atoms with Crippen LogP contribution in [0.2, 0.25) is 0 Å². The van der Waals surface area contributed by atoms with Crippen molar-refractivity contribution >= 4 is 11.8 Å². The van der Waals surface area contributed by atoms with Crippen LogP contribution in [0.5, 0.6) is 0 Å². The van der Waals surface area contributed by atoms with E-state index in [-0.39, 0.29) is 5.82 Å². The highest BCUT2D eigenvalue weighted by Crippen LogP contribution is 2.29. The molecule has 2 aliphatic carbocycles. The summed E-state index contributed by atoms with van der Waals surface area (Å²) in [5.74, 6) is 1.62. The Kier molecular flexibility index (Phi) is 6.76. The van der Waals surface area contributed by atoms with Crippen molar-refractivity contribution in [1.82, 2.24) is 25.5 Å². The molecule has 0 amide bonds.